The van der Waals surface area contributed by atoms with Crippen molar-refractivity contribution in [3.63, 3.8) is 0 Å². The maximum absolute atomic E-state index is 12.9. The Labute approximate surface area is 110 Å². The highest BCUT2D eigenvalue weighted by molar-refractivity contribution is 5.97. The van der Waals surface area contributed by atoms with Crippen molar-refractivity contribution >= 4 is 11.5 Å². The molecule has 19 heavy (non-hydrogen) atoms. The molecule has 0 aliphatic rings. The number of carbonyl (C=O) groups is 1. The van der Waals surface area contributed by atoms with Gasteiger partial charge in [0.25, 0.3) is 0 Å². The molecular formula is C16H13FO2. The Bertz CT molecular complexity index is 642. The van der Waals surface area contributed by atoms with Crippen molar-refractivity contribution in [1.29, 1.82) is 0 Å². The molecule has 2 aromatic rings. The third-order valence-corrected chi connectivity index (χ3v) is 2.90. The molecule has 1 N–H and O–H groups in total. The lowest BCUT2D eigenvalue weighted by Gasteiger charge is -2.09. The Balaban J connectivity index is 2.59. The number of aromatic carboxylic acids is 1. The van der Waals surface area contributed by atoms with Crippen LogP contribution in [0.5, 0.6) is 0 Å². The van der Waals surface area contributed by atoms with E-state index in [0.717, 1.165) is 11.1 Å². The second-order valence-corrected chi connectivity index (χ2v) is 4.35. The van der Waals surface area contributed by atoms with E-state index < -0.39 is 5.97 Å². The van der Waals surface area contributed by atoms with Crippen molar-refractivity contribution in [1.82, 2.24) is 0 Å². The second-order valence-electron chi connectivity index (χ2n) is 4.35. The van der Waals surface area contributed by atoms with E-state index in [-0.39, 0.29) is 11.4 Å². The molecule has 0 aromatic heterocycles. The molecule has 0 amide bonds. The zero-order valence-electron chi connectivity index (χ0n) is 10.5. The normalized spacial score (nSPS) is 10.2. The first-order valence-electron chi connectivity index (χ1n) is 5.78. The van der Waals surface area contributed by atoms with Crippen LogP contribution in [-0.2, 0) is 0 Å². The first kappa shape index (κ1) is 13.0. The minimum Gasteiger partial charge on any atom is -0.478 e. The third kappa shape index (κ3) is 2.71. The predicted octanol–water partition coefficient (Wildman–Crippen LogP) is 4.22. The van der Waals surface area contributed by atoms with E-state index in [1.807, 2.05) is 13.0 Å². The number of allylic oxidation sites excluding steroid dienone is 1. The van der Waals surface area contributed by atoms with Gasteiger partial charge in [-0.05, 0) is 41.8 Å². The molecule has 2 aromatic carbocycles. The van der Waals surface area contributed by atoms with Gasteiger partial charge in [0.05, 0.1) is 5.56 Å². The van der Waals surface area contributed by atoms with Crippen LogP contribution in [0.4, 0.5) is 4.39 Å². The Morgan fingerprint density at radius 3 is 2.32 bits per heavy atom. The molecule has 2 nitrogen and oxygen atoms in total. The molecule has 0 heterocycles. The van der Waals surface area contributed by atoms with Gasteiger partial charge in [0, 0.05) is 0 Å². The molecule has 0 saturated heterocycles. The van der Waals surface area contributed by atoms with E-state index >= 15 is 0 Å². The minimum absolute atomic E-state index is 0.187. The summed E-state index contributed by atoms with van der Waals surface area (Å²) in [5, 5.41) is 9.28. The monoisotopic (exact) mass is 256 g/mol. The van der Waals surface area contributed by atoms with E-state index in [4.69, 9.17) is 0 Å². The smallest absolute Gasteiger partial charge is 0.336 e. The number of carboxylic acid groups (broad SMARTS) is 1. The Morgan fingerprint density at radius 1 is 1.16 bits per heavy atom. The van der Waals surface area contributed by atoms with Crippen LogP contribution < -0.4 is 0 Å². The summed E-state index contributed by atoms with van der Waals surface area (Å²) in [6.07, 6.45) is 0. The predicted molar refractivity (Wildman–Crippen MR) is 73.5 cm³/mol. The summed E-state index contributed by atoms with van der Waals surface area (Å²) in [4.78, 5) is 11.3. The largest absolute Gasteiger partial charge is 0.478 e. The van der Waals surface area contributed by atoms with E-state index in [1.165, 1.54) is 12.1 Å². The molecule has 0 atom stereocenters. The van der Waals surface area contributed by atoms with Gasteiger partial charge in [0.2, 0.25) is 0 Å². The summed E-state index contributed by atoms with van der Waals surface area (Å²) in [7, 11) is 0. The van der Waals surface area contributed by atoms with Crippen LogP contribution in [0, 0.1) is 5.82 Å². The van der Waals surface area contributed by atoms with E-state index in [0.29, 0.717) is 11.1 Å². The SMILES string of the molecule is C=C(C)c1ccc(-c2ccc(F)cc2)c(C(=O)O)c1. The van der Waals surface area contributed by atoms with E-state index in [9.17, 15) is 14.3 Å². The highest BCUT2D eigenvalue weighted by Crippen LogP contribution is 2.27. The number of hydrogen-bond acceptors (Lipinski definition) is 1. The lowest BCUT2D eigenvalue weighted by molar-refractivity contribution is 0.0697. The Kier molecular flexibility index (Phi) is 3.47. The van der Waals surface area contributed by atoms with Gasteiger partial charge in [-0.1, -0.05) is 36.4 Å². The zero-order chi connectivity index (χ0) is 14.0. The highest BCUT2D eigenvalue weighted by atomic mass is 19.1. The standard InChI is InChI=1S/C16H13FO2/c1-10(2)12-5-8-14(15(9-12)16(18)19)11-3-6-13(17)7-4-11/h3-9H,1H2,2H3,(H,18,19). The molecule has 0 aliphatic carbocycles. The average Bonchev–Trinajstić information content (AvgIpc) is 2.38. The van der Waals surface area contributed by atoms with Crippen LogP contribution in [0.3, 0.4) is 0 Å². The summed E-state index contributed by atoms with van der Waals surface area (Å²) in [5.74, 6) is -1.36. The lowest BCUT2D eigenvalue weighted by Crippen LogP contribution is -2.00. The average molecular weight is 256 g/mol. The Hall–Kier alpha value is -2.42. The third-order valence-electron chi connectivity index (χ3n) is 2.90. The molecule has 0 unspecified atom stereocenters. The van der Waals surface area contributed by atoms with Crippen LogP contribution in [0.2, 0.25) is 0 Å². The fourth-order valence-corrected chi connectivity index (χ4v) is 1.87. The van der Waals surface area contributed by atoms with Crippen molar-refractivity contribution in [2.45, 2.75) is 6.92 Å². The fraction of sp³-hybridized carbons (Fsp3) is 0.0625. The number of carboxylic acids is 1. The highest BCUT2D eigenvalue weighted by Gasteiger charge is 2.13. The molecule has 2 rings (SSSR count). The molecule has 0 fully saturated rings. The Morgan fingerprint density at radius 2 is 1.79 bits per heavy atom. The molecular weight excluding hydrogens is 243 g/mol. The van der Waals surface area contributed by atoms with Crippen molar-refractivity contribution in [2.24, 2.45) is 0 Å². The van der Waals surface area contributed by atoms with Gasteiger partial charge in [-0.25, -0.2) is 9.18 Å². The quantitative estimate of drug-likeness (QED) is 0.892. The van der Waals surface area contributed by atoms with E-state index in [2.05, 4.69) is 6.58 Å². The van der Waals surface area contributed by atoms with Crippen molar-refractivity contribution < 1.29 is 14.3 Å². The lowest BCUT2D eigenvalue weighted by atomic mass is 9.96. The zero-order valence-corrected chi connectivity index (χ0v) is 10.5. The summed E-state index contributed by atoms with van der Waals surface area (Å²) in [6.45, 7) is 5.62. The molecule has 0 spiro atoms. The fourth-order valence-electron chi connectivity index (χ4n) is 1.87. The summed E-state index contributed by atoms with van der Waals surface area (Å²) < 4.78 is 12.9. The van der Waals surface area contributed by atoms with Crippen LogP contribution >= 0.6 is 0 Å². The van der Waals surface area contributed by atoms with Gasteiger partial charge in [0.15, 0.2) is 0 Å². The van der Waals surface area contributed by atoms with Crippen molar-refractivity contribution in [3.05, 3.63) is 66.0 Å². The first-order valence-corrected chi connectivity index (χ1v) is 5.78. The summed E-state index contributed by atoms with van der Waals surface area (Å²) in [5.41, 5.74) is 3.01. The van der Waals surface area contributed by atoms with Crippen LogP contribution in [0.1, 0.15) is 22.8 Å². The number of rotatable bonds is 3. The molecule has 0 aliphatic heterocycles. The summed E-state index contributed by atoms with van der Waals surface area (Å²) >= 11 is 0. The van der Waals surface area contributed by atoms with Crippen molar-refractivity contribution in [2.75, 3.05) is 0 Å². The molecule has 0 saturated carbocycles. The topological polar surface area (TPSA) is 37.3 Å². The number of benzene rings is 2. The minimum atomic E-state index is -1.01. The number of halogens is 1. The molecule has 0 bridgehead atoms. The van der Waals surface area contributed by atoms with E-state index in [1.54, 1.807) is 24.3 Å². The van der Waals surface area contributed by atoms with Gasteiger partial charge >= 0.3 is 5.97 Å². The van der Waals surface area contributed by atoms with Gasteiger partial charge in [-0.2, -0.15) is 0 Å². The van der Waals surface area contributed by atoms with Gasteiger partial charge < -0.3 is 5.11 Å². The number of hydrogen-bond donors (Lipinski definition) is 1. The van der Waals surface area contributed by atoms with Gasteiger partial charge in [-0.15, -0.1) is 0 Å². The van der Waals surface area contributed by atoms with Gasteiger partial charge in [0.1, 0.15) is 5.82 Å². The second kappa shape index (κ2) is 5.06. The van der Waals surface area contributed by atoms with Crippen molar-refractivity contribution in [3.8, 4) is 11.1 Å². The maximum Gasteiger partial charge on any atom is 0.336 e. The van der Waals surface area contributed by atoms with Gasteiger partial charge in [-0.3, -0.25) is 0 Å². The van der Waals surface area contributed by atoms with Crippen LogP contribution in [-0.4, -0.2) is 11.1 Å². The molecule has 0 radical (unpaired) electrons. The first-order chi connectivity index (χ1) is 8.99. The van der Waals surface area contributed by atoms with Crippen LogP contribution in [0.25, 0.3) is 16.7 Å². The maximum atomic E-state index is 12.9. The van der Waals surface area contributed by atoms with Crippen LogP contribution in [0.15, 0.2) is 49.0 Å². The molecule has 96 valence electrons. The summed E-state index contributed by atoms with van der Waals surface area (Å²) in [6, 6.07) is 10.9. The molecule has 3 heteroatoms.